The van der Waals surface area contributed by atoms with E-state index in [0.29, 0.717) is 6.04 Å². The summed E-state index contributed by atoms with van der Waals surface area (Å²) in [5.41, 5.74) is 2.88. The Bertz CT molecular complexity index is 417. The van der Waals surface area contributed by atoms with Gasteiger partial charge in [0, 0.05) is 30.9 Å². The molecule has 2 N–H and O–H groups in total. The Morgan fingerprint density at radius 2 is 2.16 bits per heavy atom. The molecule has 0 spiro atoms. The highest BCUT2D eigenvalue weighted by Gasteiger charge is 2.25. The summed E-state index contributed by atoms with van der Waals surface area (Å²) >= 11 is 0. The summed E-state index contributed by atoms with van der Waals surface area (Å²) in [7, 11) is 0. The lowest BCUT2D eigenvalue weighted by molar-refractivity contribution is 0.235. The van der Waals surface area contributed by atoms with Crippen molar-refractivity contribution in [1.82, 2.24) is 5.32 Å². The van der Waals surface area contributed by atoms with Gasteiger partial charge in [-0.25, -0.2) is 0 Å². The molecule has 1 fully saturated rings. The zero-order valence-electron chi connectivity index (χ0n) is 11.5. The normalized spacial score (nSPS) is 20.2. The van der Waals surface area contributed by atoms with E-state index in [9.17, 15) is 5.11 Å². The van der Waals surface area contributed by atoms with Gasteiger partial charge in [-0.2, -0.15) is 0 Å². The molecule has 3 rings (SSSR count). The van der Waals surface area contributed by atoms with Crippen LogP contribution in [0.4, 0.5) is 5.69 Å². The van der Waals surface area contributed by atoms with Gasteiger partial charge in [-0.05, 0) is 43.7 Å². The van der Waals surface area contributed by atoms with Crippen molar-refractivity contribution in [2.75, 3.05) is 24.6 Å². The first kappa shape index (κ1) is 12.9. The predicted molar refractivity (Wildman–Crippen MR) is 78.6 cm³/mol. The number of rotatable bonds is 6. The molecule has 1 aromatic carbocycles. The first-order valence-corrected chi connectivity index (χ1v) is 7.56. The van der Waals surface area contributed by atoms with Crippen LogP contribution in [0.5, 0.6) is 0 Å². The Morgan fingerprint density at radius 1 is 1.32 bits per heavy atom. The second-order valence-electron chi connectivity index (χ2n) is 5.83. The molecule has 1 aliphatic carbocycles. The van der Waals surface area contributed by atoms with E-state index in [4.69, 9.17) is 0 Å². The van der Waals surface area contributed by atoms with E-state index >= 15 is 0 Å². The number of aliphatic hydroxyl groups excluding tert-OH is 1. The van der Waals surface area contributed by atoms with Crippen LogP contribution in [0.15, 0.2) is 24.3 Å². The van der Waals surface area contributed by atoms with E-state index in [0.717, 1.165) is 19.5 Å². The van der Waals surface area contributed by atoms with Crippen LogP contribution < -0.4 is 10.2 Å². The molecule has 1 saturated carbocycles. The molecule has 1 aliphatic heterocycles. The van der Waals surface area contributed by atoms with Gasteiger partial charge in [-0.1, -0.05) is 18.2 Å². The third kappa shape index (κ3) is 3.28. The number of para-hydroxylation sites is 1. The number of aliphatic hydroxyl groups is 1. The van der Waals surface area contributed by atoms with E-state index in [-0.39, 0.29) is 12.6 Å². The predicted octanol–water partition coefficient (Wildman–Crippen LogP) is 1.94. The number of benzene rings is 1. The van der Waals surface area contributed by atoms with Crippen molar-refractivity contribution in [2.24, 2.45) is 0 Å². The summed E-state index contributed by atoms with van der Waals surface area (Å²) in [6, 6.07) is 9.67. The molecule has 0 radical (unpaired) electrons. The summed E-state index contributed by atoms with van der Waals surface area (Å²) in [6.07, 6.45) is 6.04. The number of fused-ring (bicyclic) bond motifs is 1. The van der Waals surface area contributed by atoms with Gasteiger partial charge in [0.05, 0.1) is 6.61 Å². The van der Waals surface area contributed by atoms with Gasteiger partial charge in [-0.15, -0.1) is 0 Å². The van der Waals surface area contributed by atoms with Gasteiger partial charge >= 0.3 is 0 Å². The lowest BCUT2D eigenvalue weighted by Crippen LogP contribution is -2.39. The largest absolute Gasteiger partial charge is 0.395 e. The van der Waals surface area contributed by atoms with E-state index in [1.165, 1.54) is 36.9 Å². The molecule has 0 amide bonds. The smallest absolute Gasteiger partial charge is 0.0585 e. The van der Waals surface area contributed by atoms with Crippen molar-refractivity contribution in [3.05, 3.63) is 29.8 Å². The number of hydrogen-bond acceptors (Lipinski definition) is 3. The molecule has 1 unspecified atom stereocenters. The maximum atomic E-state index is 9.45. The van der Waals surface area contributed by atoms with Crippen molar-refractivity contribution in [3.63, 3.8) is 0 Å². The fourth-order valence-corrected chi connectivity index (χ4v) is 2.97. The molecule has 19 heavy (non-hydrogen) atoms. The molecule has 0 bridgehead atoms. The minimum atomic E-state index is 0.256. The fourth-order valence-electron chi connectivity index (χ4n) is 2.97. The van der Waals surface area contributed by atoms with Gasteiger partial charge in [0.15, 0.2) is 0 Å². The zero-order valence-corrected chi connectivity index (χ0v) is 11.5. The SMILES string of the molecule is OCC(CCN1CCCc2ccccc21)NC1CC1. The molecular formula is C16H24N2O. The molecule has 1 aromatic rings. The molecule has 2 aliphatic rings. The van der Waals surface area contributed by atoms with Gasteiger partial charge in [-0.3, -0.25) is 0 Å². The van der Waals surface area contributed by atoms with Gasteiger partial charge in [0.2, 0.25) is 0 Å². The molecule has 104 valence electrons. The van der Waals surface area contributed by atoms with E-state index < -0.39 is 0 Å². The van der Waals surface area contributed by atoms with Crippen LogP contribution in [0.1, 0.15) is 31.2 Å². The third-order valence-corrected chi connectivity index (χ3v) is 4.22. The molecule has 1 atom stereocenters. The average molecular weight is 260 g/mol. The Morgan fingerprint density at radius 3 is 2.95 bits per heavy atom. The average Bonchev–Trinajstić information content (AvgIpc) is 3.27. The van der Waals surface area contributed by atoms with Crippen molar-refractivity contribution in [2.45, 2.75) is 44.2 Å². The Balaban J connectivity index is 1.57. The van der Waals surface area contributed by atoms with Crippen LogP contribution in [0.3, 0.4) is 0 Å². The molecule has 1 heterocycles. The van der Waals surface area contributed by atoms with Crippen LogP contribution in [-0.4, -0.2) is 36.9 Å². The van der Waals surface area contributed by atoms with Crippen LogP contribution in [0.25, 0.3) is 0 Å². The highest BCUT2D eigenvalue weighted by atomic mass is 16.3. The molecule has 0 saturated heterocycles. The third-order valence-electron chi connectivity index (χ3n) is 4.22. The quantitative estimate of drug-likeness (QED) is 0.820. The molecule has 0 aromatic heterocycles. The summed E-state index contributed by atoms with van der Waals surface area (Å²) in [5.74, 6) is 0. The molecular weight excluding hydrogens is 236 g/mol. The number of anilines is 1. The van der Waals surface area contributed by atoms with Crippen molar-refractivity contribution in [3.8, 4) is 0 Å². The number of nitrogens with one attached hydrogen (secondary N) is 1. The number of hydrogen-bond donors (Lipinski definition) is 2. The van der Waals surface area contributed by atoms with Gasteiger partial charge in [0.25, 0.3) is 0 Å². The lowest BCUT2D eigenvalue weighted by Gasteiger charge is -2.32. The number of aryl methyl sites for hydroxylation is 1. The Hall–Kier alpha value is -1.06. The van der Waals surface area contributed by atoms with Crippen molar-refractivity contribution < 1.29 is 5.11 Å². The lowest BCUT2D eigenvalue weighted by atomic mass is 10.0. The maximum absolute atomic E-state index is 9.45. The Labute approximate surface area is 115 Å². The summed E-state index contributed by atoms with van der Waals surface area (Å²) in [5, 5.41) is 13.0. The van der Waals surface area contributed by atoms with Crippen molar-refractivity contribution >= 4 is 5.69 Å². The summed E-state index contributed by atoms with van der Waals surface area (Å²) in [4.78, 5) is 2.48. The van der Waals surface area contributed by atoms with Crippen molar-refractivity contribution in [1.29, 1.82) is 0 Å². The van der Waals surface area contributed by atoms with E-state index in [1.54, 1.807) is 0 Å². The number of nitrogens with zero attached hydrogens (tertiary/aromatic N) is 1. The monoisotopic (exact) mass is 260 g/mol. The first-order chi connectivity index (χ1) is 9.36. The topological polar surface area (TPSA) is 35.5 Å². The maximum Gasteiger partial charge on any atom is 0.0585 e. The minimum Gasteiger partial charge on any atom is -0.395 e. The summed E-state index contributed by atoms with van der Waals surface area (Å²) in [6.45, 7) is 2.45. The summed E-state index contributed by atoms with van der Waals surface area (Å²) < 4.78 is 0. The second-order valence-corrected chi connectivity index (χ2v) is 5.83. The van der Waals surface area contributed by atoms with Crippen LogP contribution >= 0.6 is 0 Å². The highest BCUT2D eigenvalue weighted by Crippen LogP contribution is 2.27. The second kappa shape index (κ2) is 5.93. The fraction of sp³-hybridized carbons (Fsp3) is 0.625. The zero-order chi connectivity index (χ0) is 13.1. The van der Waals surface area contributed by atoms with Crippen LogP contribution in [0.2, 0.25) is 0 Å². The van der Waals surface area contributed by atoms with Gasteiger partial charge in [0.1, 0.15) is 0 Å². The van der Waals surface area contributed by atoms with E-state index in [2.05, 4.69) is 34.5 Å². The molecule has 3 nitrogen and oxygen atoms in total. The van der Waals surface area contributed by atoms with E-state index in [1.807, 2.05) is 0 Å². The Kier molecular flexibility index (Phi) is 4.04. The minimum absolute atomic E-state index is 0.256. The highest BCUT2D eigenvalue weighted by molar-refractivity contribution is 5.55. The first-order valence-electron chi connectivity index (χ1n) is 7.56. The standard InChI is InChI=1S/C16H24N2O/c19-12-15(17-14-7-8-14)9-11-18-10-3-5-13-4-1-2-6-16(13)18/h1-2,4,6,14-15,17,19H,3,5,7-12H2. The van der Waals surface area contributed by atoms with Crippen LogP contribution in [-0.2, 0) is 6.42 Å². The van der Waals surface area contributed by atoms with Crippen LogP contribution in [0, 0.1) is 0 Å². The van der Waals surface area contributed by atoms with Gasteiger partial charge < -0.3 is 15.3 Å². The molecule has 3 heteroatoms.